The minimum absolute atomic E-state index is 0.00637. The molecule has 0 spiro atoms. The number of fused-ring (bicyclic) bond motifs is 1. The Kier molecular flexibility index (Phi) is 3.07. The fourth-order valence-corrected chi connectivity index (χ4v) is 2.86. The summed E-state index contributed by atoms with van der Waals surface area (Å²) in [7, 11) is 0. The topological polar surface area (TPSA) is 26.0 Å². The first-order chi connectivity index (χ1) is 9.16. The lowest BCUT2D eigenvalue weighted by Crippen LogP contribution is -2.24. The predicted molar refractivity (Wildman–Crippen MR) is 70.8 cm³/mol. The third-order valence-electron chi connectivity index (χ3n) is 3.87. The van der Waals surface area contributed by atoms with Crippen LogP contribution in [0.1, 0.15) is 35.1 Å². The fraction of sp³-hybridized carbons (Fsp3) is 0.250. The van der Waals surface area contributed by atoms with Gasteiger partial charge in [0.1, 0.15) is 11.6 Å². The number of benzene rings is 2. The number of rotatable bonds is 3. The number of nitrogens with two attached hydrogens (primary N) is 1. The van der Waals surface area contributed by atoms with Gasteiger partial charge in [0, 0.05) is 11.6 Å². The Labute approximate surface area is 111 Å². The number of halogens is 2. The van der Waals surface area contributed by atoms with Crippen molar-refractivity contribution >= 4 is 0 Å². The monoisotopic (exact) mass is 259 g/mol. The van der Waals surface area contributed by atoms with Crippen LogP contribution in [0.2, 0.25) is 0 Å². The summed E-state index contributed by atoms with van der Waals surface area (Å²) in [6, 6.07) is 11.4. The summed E-state index contributed by atoms with van der Waals surface area (Å²) in [5.41, 5.74) is 8.56. The van der Waals surface area contributed by atoms with Crippen LogP contribution in [0, 0.1) is 11.6 Å². The Morgan fingerprint density at radius 2 is 1.74 bits per heavy atom. The van der Waals surface area contributed by atoms with Crippen molar-refractivity contribution in [3.05, 3.63) is 70.8 Å². The molecule has 0 heterocycles. The summed E-state index contributed by atoms with van der Waals surface area (Å²) >= 11 is 0. The van der Waals surface area contributed by atoms with Gasteiger partial charge in [-0.3, -0.25) is 0 Å². The molecule has 1 aliphatic carbocycles. The van der Waals surface area contributed by atoms with E-state index in [0.717, 1.165) is 6.42 Å². The molecular formula is C16H15F2N. The lowest BCUT2D eigenvalue weighted by atomic mass is 9.74. The van der Waals surface area contributed by atoms with E-state index in [0.29, 0.717) is 12.3 Å². The van der Waals surface area contributed by atoms with E-state index in [1.807, 2.05) is 12.1 Å². The van der Waals surface area contributed by atoms with Crippen LogP contribution in [0.5, 0.6) is 0 Å². The zero-order chi connectivity index (χ0) is 13.4. The van der Waals surface area contributed by atoms with Crippen molar-refractivity contribution in [2.24, 2.45) is 5.73 Å². The average Bonchev–Trinajstić information content (AvgIpc) is 2.36. The van der Waals surface area contributed by atoms with Gasteiger partial charge in [0.2, 0.25) is 0 Å². The molecule has 2 N–H and O–H groups in total. The molecule has 2 atom stereocenters. The Bertz CT molecular complexity index is 589. The highest BCUT2D eigenvalue weighted by molar-refractivity contribution is 5.40. The normalized spacial score (nSPS) is 18.6. The first-order valence-electron chi connectivity index (χ1n) is 6.44. The van der Waals surface area contributed by atoms with E-state index in [2.05, 4.69) is 12.1 Å². The van der Waals surface area contributed by atoms with Crippen molar-refractivity contribution in [2.75, 3.05) is 0 Å². The molecular weight excluding hydrogens is 244 g/mol. The van der Waals surface area contributed by atoms with Crippen LogP contribution < -0.4 is 5.73 Å². The highest BCUT2D eigenvalue weighted by atomic mass is 19.1. The Hall–Kier alpha value is -1.74. The molecule has 3 heteroatoms. The SMILES string of the molecule is NC(CC1Cc2ccccc21)c1c(F)cccc1F. The molecule has 0 amide bonds. The molecule has 1 aliphatic rings. The van der Waals surface area contributed by atoms with Gasteiger partial charge in [-0.05, 0) is 42.0 Å². The maximum Gasteiger partial charge on any atom is 0.130 e. The third kappa shape index (κ3) is 2.15. The maximum atomic E-state index is 13.6. The number of hydrogen-bond acceptors (Lipinski definition) is 1. The molecule has 0 bridgehead atoms. The smallest absolute Gasteiger partial charge is 0.130 e. The van der Waals surface area contributed by atoms with Crippen molar-refractivity contribution in [3.63, 3.8) is 0 Å². The Morgan fingerprint density at radius 3 is 2.42 bits per heavy atom. The molecule has 0 aromatic heterocycles. The summed E-state index contributed by atoms with van der Waals surface area (Å²) in [6.07, 6.45) is 1.52. The van der Waals surface area contributed by atoms with Crippen LogP contribution in [-0.4, -0.2) is 0 Å². The number of hydrogen-bond donors (Lipinski definition) is 1. The van der Waals surface area contributed by atoms with E-state index in [1.54, 1.807) is 0 Å². The van der Waals surface area contributed by atoms with Crippen LogP contribution in [0.3, 0.4) is 0 Å². The van der Waals surface area contributed by atoms with E-state index in [4.69, 9.17) is 5.73 Å². The van der Waals surface area contributed by atoms with Gasteiger partial charge in [-0.2, -0.15) is 0 Å². The van der Waals surface area contributed by atoms with Gasteiger partial charge in [0.15, 0.2) is 0 Å². The molecule has 0 radical (unpaired) electrons. The summed E-state index contributed by atoms with van der Waals surface area (Å²) < 4.78 is 27.3. The minimum atomic E-state index is -0.598. The minimum Gasteiger partial charge on any atom is -0.324 e. The van der Waals surface area contributed by atoms with Crippen molar-refractivity contribution in [1.82, 2.24) is 0 Å². The Morgan fingerprint density at radius 1 is 1.05 bits per heavy atom. The van der Waals surface area contributed by atoms with Crippen molar-refractivity contribution in [3.8, 4) is 0 Å². The third-order valence-corrected chi connectivity index (χ3v) is 3.87. The van der Waals surface area contributed by atoms with E-state index >= 15 is 0 Å². The first-order valence-corrected chi connectivity index (χ1v) is 6.44. The van der Waals surface area contributed by atoms with E-state index in [9.17, 15) is 8.78 Å². The van der Waals surface area contributed by atoms with Gasteiger partial charge in [0.05, 0.1) is 0 Å². The van der Waals surface area contributed by atoms with Gasteiger partial charge in [-0.25, -0.2) is 8.78 Å². The molecule has 2 aromatic rings. The second-order valence-electron chi connectivity index (χ2n) is 5.08. The van der Waals surface area contributed by atoms with Gasteiger partial charge in [0.25, 0.3) is 0 Å². The Balaban J connectivity index is 1.79. The molecule has 19 heavy (non-hydrogen) atoms. The first kappa shape index (κ1) is 12.3. The maximum absolute atomic E-state index is 13.6. The summed E-state index contributed by atoms with van der Waals surface area (Å²) in [6.45, 7) is 0. The van der Waals surface area contributed by atoms with Crippen LogP contribution in [0.25, 0.3) is 0 Å². The molecule has 2 unspecified atom stereocenters. The van der Waals surface area contributed by atoms with Crippen LogP contribution in [-0.2, 0) is 6.42 Å². The molecule has 0 aliphatic heterocycles. The molecule has 2 aromatic carbocycles. The van der Waals surface area contributed by atoms with Crippen molar-refractivity contribution < 1.29 is 8.78 Å². The highest BCUT2D eigenvalue weighted by Gasteiger charge is 2.29. The van der Waals surface area contributed by atoms with Crippen LogP contribution >= 0.6 is 0 Å². The van der Waals surface area contributed by atoms with Crippen molar-refractivity contribution in [2.45, 2.75) is 24.8 Å². The average molecular weight is 259 g/mol. The summed E-state index contributed by atoms with van der Waals surface area (Å²) in [5.74, 6) is -0.801. The van der Waals surface area contributed by atoms with E-state index < -0.39 is 17.7 Å². The lowest BCUT2D eigenvalue weighted by Gasteiger charge is -2.32. The van der Waals surface area contributed by atoms with Gasteiger partial charge in [-0.15, -0.1) is 0 Å². The lowest BCUT2D eigenvalue weighted by molar-refractivity contribution is 0.459. The molecule has 0 saturated carbocycles. The van der Waals surface area contributed by atoms with Crippen LogP contribution in [0.4, 0.5) is 8.78 Å². The fourth-order valence-electron chi connectivity index (χ4n) is 2.86. The molecule has 0 fully saturated rings. The van der Waals surface area contributed by atoms with E-state index in [1.165, 1.54) is 29.3 Å². The summed E-state index contributed by atoms with van der Waals surface area (Å²) in [5, 5.41) is 0. The van der Waals surface area contributed by atoms with Crippen molar-refractivity contribution in [1.29, 1.82) is 0 Å². The predicted octanol–water partition coefficient (Wildman–Crippen LogP) is 3.69. The second-order valence-corrected chi connectivity index (χ2v) is 5.08. The van der Waals surface area contributed by atoms with E-state index in [-0.39, 0.29) is 5.56 Å². The van der Waals surface area contributed by atoms with Gasteiger partial charge < -0.3 is 5.73 Å². The quantitative estimate of drug-likeness (QED) is 0.893. The molecule has 3 rings (SSSR count). The van der Waals surface area contributed by atoms with Gasteiger partial charge >= 0.3 is 0 Å². The zero-order valence-corrected chi connectivity index (χ0v) is 10.4. The zero-order valence-electron chi connectivity index (χ0n) is 10.4. The highest BCUT2D eigenvalue weighted by Crippen LogP contribution is 2.40. The molecule has 1 nitrogen and oxygen atoms in total. The van der Waals surface area contributed by atoms with Crippen LogP contribution in [0.15, 0.2) is 42.5 Å². The summed E-state index contributed by atoms with van der Waals surface area (Å²) in [4.78, 5) is 0. The second kappa shape index (κ2) is 4.74. The molecule has 98 valence electrons. The van der Waals surface area contributed by atoms with Gasteiger partial charge in [-0.1, -0.05) is 30.3 Å². The standard InChI is InChI=1S/C16H15F2N/c17-13-6-3-7-14(18)16(13)15(19)9-11-8-10-4-1-2-5-12(10)11/h1-7,11,15H,8-9,19H2. The molecule has 0 saturated heterocycles. The largest absolute Gasteiger partial charge is 0.324 e.